The maximum atomic E-state index is 12.5. The Kier molecular flexibility index (Phi) is 5.99. The number of aliphatic imine (C=N–C) groups is 1. The minimum atomic E-state index is -0.521. The fourth-order valence-electron chi connectivity index (χ4n) is 3.11. The summed E-state index contributed by atoms with van der Waals surface area (Å²) in [7, 11) is 0. The Morgan fingerprint density at radius 1 is 0.909 bits per heavy atom. The summed E-state index contributed by atoms with van der Waals surface area (Å²) in [5, 5.41) is 3.56. The lowest BCUT2D eigenvalue weighted by Gasteiger charge is -2.08. The number of aryl methyl sites for hydroxylation is 1. The van der Waals surface area contributed by atoms with Crippen molar-refractivity contribution in [3.05, 3.63) is 95.7 Å². The Morgan fingerprint density at radius 3 is 2.33 bits per heavy atom. The molecule has 0 fully saturated rings. The van der Waals surface area contributed by atoms with Crippen molar-refractivity contribution in [1.29, 1.82) is 0 Å². The molecule has 1 amide bonds. The van der Waals surface area contributed by atoms with Crippen molar-refractivity contribution in [3.8, 4) is 5.75 Å². The van der Waals surface area contributed by atoms with E-state index in [1.165, 1.54) is 0 Å². The maximum Gasteiger partial charge on any atom is 0.343 e. The van der Waals surface area contributed by atoms with E-state index < -0.39 is 5.97 Å². The lowest BCUT2D eigenvalue weighted by Crippen LogP contribution is -2.21. The van der Waals surface area contributed by atoms with Crippen LogP contribution in [0.2, 0.25) is 0 Å². The molecule has 164 valence electrons. The lowest BCUT2D eigenvalue weighted by atomic mass is 10.1. The van der Waals surface area contributed by atoms with Gasteiger partial charge in [-0.1, -0.05) is 23.8 Å². The molecule has 0 radical (unpaired) electrons. The van der Waals surface area contributed by atoms with E-state index in [2.05, 4.69) is 15.3 Å². The molecule has 0 saturated carbocycles. The Morgan fingerprint density at radius 2 is 1.64 bits per heavy atom. The summed E-state index contributed by atoms with van der Waals surface area (Å²) < 4.78 is 5.46. The van der Waals surface area contributed by atoms with Gasteiger partial charge in [-0.25, -0.2) is 14.8 Å². The van der Waals surface area contributed by atoms with Gasteiger partial charge in [0.25, 0.3) is 5.91 Å². The van der Waals surface area contributed by atoms with Crippen LogP contribution in [0.1, 0.15) is 26.4 Å². The van der Waals surface area contributed by atoms with Gasteiger partial charge in [0.2, 0.25) is 0 Å². The molecule has 1 aromatic heterocycles. The topological polar surface area (TPSA) is 133 Å². The molecule has 0 spiro atoms. The van der Waals surface area contributed by atoms with Crippen molar-refractivity contribution >= 4 is 40.1 Å². The van der Waals surface area contributed by atoms with Crippen molar-refractivity contribution in [2.45, 2.75) is 6.92 Å². The number of nitrogens with zero attached hydrogens (tertiary/aromatic N) is 2. The van der Waals surface area contributed by atoms with Crippen molar-refractivity contribution in [2.24, 2.45) is 16.5 Å². The molecule has 0 aliphatic carbocycles. The second kappa shape index (κ2) is 9.19. The number of pyridine rings is 1. The minimum absolute atomic E-state index is 0.0640. The molecule has 1 heterocycles. The highest BCUT2D eigenvalue weighted by atomic mass is 16.5. The summed E-state index contributed by atoms with van der Waals surface area (Å²) in [5.74, 6) is -0.529. The highest BCUT2D eigenvalue weighted by Crippen LogP contribution is 2.22. The first-order valence-electron chi connectivity index (χ1n) is 10.1. The number of esters is 1. The largest absolute Gasteiger partial charge is 0.423 e. The third-order valence-corrected chi connectivity index (χ3v) is 4.77. The zero-order chi connectivity index (χ0) is 23.4. The van der Waals surface area contributed by atoms with Crippen LogP contribution >= 0.6 is 0 Å². The van der Waals surface area contributed by atoms with E-state index in [-0.39, 0.29) is 17.6 Å². The number of nitrogens with one attached hydrogen (secondary N) is 1. The number of carbonyl (C=O) groups is 2. The molecule has 0 aliphatic rings. The van der Waals surface area contributed by atoms with Gasteiger partial charge in [-0.2, -0.15) is 0 Å². The quantitative estimate of drug-likeness (QED) is 0.187. The van der Waals surface area contributed by atoms with E-state index >= 15 is 0 Å². The lowest BCUT2D eigenvalue weighted by molar-refractivity contribution is 0.0735. The van der Waals surface area contributed by atoms with Gasteiger partial charge in [0, 0.05) is 11.1 Å². The predicted octanol–water partition coefficient (Wildman–Crippen LogP) is 3.92. The number of rotatable bonds is 5. The highest BCUT2D eigenvalue weighted by molar-refractivity contribution is 6.04. The number of hydrogen-bond acceptors (Lipinski definition) is 5. The first kappa shape index (κ1) is 21.5. The van der Waals surface area contributed by atoms with Crippen molar-refractivity contribution < 1.29 is 14.3 Å². The van der Waals surface area contributed by atoms with Gasteiger partial charge in [-0.15, -0.1) is 0 Å². The fourth-order valence-corrected chi connectivity index (χ4v) is 3.11. The minimum Gasteiger partial charge on any atom is -0.423 e. The van der Waals surface area contributed by atoms with Gasteiger partial charge in [0.1, 0.15) is 11.4 Å². The summed E-state index contributed by atoms with van der Waals surface area (Å²) in [5.41, 5.74) is 14.3. The third-order valence-electron chi connectivity index (χ3n) is 4.77. The monoisotopic (exact) mass is 439 g/mol. The standard InChI is InChI=1S/C25H21N5O3/c1-15-2-7-18(8-3-15)28-23(31)22-12-6-17-14-20(11-13-21(17)30-22)33-24(32)16-4-9-19(10-5-16)29-25(26)27/h2-14H,1H3,(H,28,31)(H4,26,27,29). The van der Waals surface area contributed by atoms with Gasteiger partial charge >= 0.3 is 5.97 Å². The molecule has 4 rings (SSSR count). The van der Waals surface area contributed by atoms with Crippen LogP contribution in [0.15, 0.2) is 83.9 Å². The molecular formula is C25H21N5O3. The molecule has 33 heavy (non-hydrogen) atoms. The normalized spacial score (nSPS) is 10.5. The summed E-state index contributed by atoms with van der Waals surface area (Å²) in [6.07, 6.45) is 0. The molecule has 0 bridgehead atoms. The van der Waals surface area contributed by atoms with Crippen molar-refractivity contribution in [2.75, 3.05) is 5.32 Å². The van der Waals surface area contributed by atoms with Crippen LogP contribution in [0, 0.1) is 6.92 Å². The molecule has 3 aromatic carbocycles. The van der Waals surface area contributed by atoms with Crippen molar-refractivity contribution in [1.82, 2.24) is 4.98 Å². The van der Waals surface area contributed by atoms with Gasteiger partial charge < -0.3 is 21.5 Å². The third kappa shape index (κ3) is 5.31. The highest BCUT2D eigenvalue weighted by Gasteiger charge is 2.12. The molecule has 0 aliphatic heterocycles. The van der Waals surface area contributed by atoms with E-state index in [1.54, 1.807) is 54.6 Å². The van der Waals surface area contributed by atoms with Gasteiger partial charge in [0.15, 0.2) is 5.96 Å². The number of ether oxygens (including phenoxy) is 1. The Bertz CT molecular complexity index is 1360. The number of hydrogen-bond donors (Lipinski definition) is 3. The molecule has 0 atom stereocenters. The predicted molar refractivity (Wildman–Crippen MR) is 128 cm³/mol. The first-order valence-corrected chi connectivity index (χ1v) is 10.1. The summed E-state index contributed by atoms with van der Waals surface area (Å²) in [4.78, 5) is 33.3. The average Bonchev–Trinajstić information content (AvgIpc) is 2.80. The number of amides is 1. The van der Waals surface area contributed by atoms with E-state index in [9.17, 15) is 9.59 Å². The van der Waals surface area contributed by atoms with E-state index in [0.717, 1.165) is 10.9 Å². The van der Waals surface area contributed by atoms with E-state index in [0.29, 0.717) is 28.2 Å². The van der Waals surface area contributed by atoms with Crippen LogP contribution in [-0.4, -0.2) is 22.8 Å². The van der Waals surface area contributed by atoms with Gasteiger partial charge in [-0.3, -0.25) is 4.79 Å². The SMILES string of the molecule is Cc1ccc(NC(=O)c2ccc3cc(OC(=O)c4ccc(N=C(N)N)cc4)ccc3n2)cc1. The first-order chi connectivity index (χ1) is 15.9. The number of aromatic nitrogens is 1. The van der Waals surface area contributed by atoms with Gasteiger partial charge in [0.05, 0.1) is 16.8 Å². The van der Waals surface area contributed by atoms with Crippen LogP contribution in [0.4, 0.5) is 11.4 Å². The molecule has 0 unspecified atom stereocenters. The Hall–Kier alpha value is -4.72. The number of nitrogens with two attached hydrogens (primary N) is 2. The summed E-state index contributed by atoms with van der Waals surface area (Å²) in [6.45, 7) is 1.98. The van der Waals surface area contributed by atoms with Crippen LogP contribution < -0.4 is 21.5 Å². The summed E-state index contributed by atoms with van der Waals surface area (Å²) >= 11 is 0. The van der Waals surface area contributed by atoms with E-state index in [4.69, 9.17) is 16.2 Å². The molecule has 8 heteroatoms. The summed E-state index contributed by atoms with van der Waals surface area (Å²) in [6, 6.07) is 22.3. The zero-order valence-corrected chi connectivity index (χ0v) is 17.8. The number of anilines is 1. The number of carbonyl (C=O) groups excluding carboxylic acids is 2. The smallest absolute Gasteiger partial charge is 0.343 e. The van der Waals surface area contributed by atoms with Crippen LogP contribution in [-0.2, 0) is 0 Å². The van der Waals surface area contributed by atoms with Crippen LogP contribution in [0.3, 0.4) is 0 Å². The molecule has 5 N–H and O–H groups in total. The number of benzene rings is 3. The Labute approximate surface area is 189 Å². The van der Waals surface area contributed by atoms with Crippen LogP contribution in [0.5, 0.6) is 5.75 Å². The molecular weight excluding hydrogens is 418 g/mol. The molecule has 4 aromatic rings. The average molecular weight is 439 g/mol. The molecule has 0 saturated heterocycles. The van der Waals surface area contributed by atoms with E-state index in [1.807, 2.05) is 31.2 Å². The fraction of sp³-hybridized carbons (Fsp3) is 0.0400. The number of guanidine groups is 1. The van der Waals surface area contributed by atoms with Gasteiger partial charge in [-0.05, 0) is 67.6 Å². The second-order valence-electron chi connectivity index (χ2n) is 7.34. The number of fused-ring (bicyclic) bond motifs is 1. The molecule has 8 nitrogen and oxygen atoms in total. The van der Waals surface area contributed by atoms with Crippen LogP contribution in [0.25, 0.3) is 10.9 Å². The zero-order valence-electron chi connectivity index (χ0n) is 17.8. The second-order valence-corrected chi connectivity index (χ2v) is 7.34. The maximum absolute atomic E-state index is 12.5. The van der Waals surface area contributed by atoms with Crippen molar-refractivity contribution in [3.63, 3.8) is 0 Å². The Balaban J connectivity index is 1.47.